The zero-order valence-electron chi connectivity index (χ0n) is 13.2. The van der Waals surface area contributed by atoms with Gasteiger partial charge in [0.25, 0.3) is 10.0 Å². The van der Waals surface area contributed by atoms with Crippen molar-refractivity contribution in [2.24, 2.45) is 0 Å². The normalized spacial score (nSPS) is 11.2. The number of hydrogen-bond donors (Lipinski definition) is 0. The van der Waals surface area contributed by atoms with Gasteiger partial charge in [-0.05, 0) is 31.2 Å². The van der Waals surface area contributed by atoms with Crippen molar-refractivity contribution in [1.82, 2.24) is 5.16 Å². The number of para-hydroxylation sites is 2. The molecule has 0 bridgehead atoms. The van der Waals surface area contributed by atoms with E-state index in [1.807, 2.05) is 0 Å². The van der Waals surface area contributed by atoms with Crippen molar-refractivity contribution in [2.75, 3.05) is 11.4 Å². The smallest absolute Gasteiger partial charge is 0.268 e. The van der Waals surface area contributed by atoms with E-state index < -0.39 is 10.0 Å². The van der Waals surface area contributed by atoms with E-state index in [0.29, 0.717) is 22.8 Å². The Morgan fingerprint density at radius 1 is 1.00 bits per heavy atom. The van der Waals surface area contributed by atoms with Gasteiger partial charge in [-0.15, -0.1) is 0 Å². The second-order valence-electron chi connectivity index (χ2n) is 5.04. The maximum absolute atomic E-state index is 13.3. The first-order valence-corrected chi connectivity index (χ1v) is 8.64. The van der Waals surface area contributed by atoms with Crippen LogP contribution in [-0.4, -0.2) is 20.7 Å². The van der Waals surface area contributed by atoms with Gasteiger partial charge in [0.2, 0.25) is 0 Å². The van der Waals surface area contributed by atoms with Gasteiger partial charge in [0.15, 0.2) is 0 Å². The summed E-state index contributed by atoms with van der Waals surface area (Å²) in [6.45, 7) is 1.68. The molecule has 7 heteroatoms. The van der Waals surface area contributed by atoms with Crippen molar-refractivity contribution in [2.45, 2.75) is 11.8 Å². The summed E-state index contributed by atoms with van der Waals surface area (Å²) in [7, 11) is -2.39. The average molecular weight is 344 g/mol. The number of benzene rings is 2. The van der Waals surface area contributed by atoms with Crippen LogP contribution in [0.1, 0.15) is 5.69 Å². The van der Waals surface area contributed by atoms with E-state index in [0.717, 1.165) is 0 Å². The maximum Gasteiger partial charge on any atom is 0.268 e. The predicted octanol–water partition coefficient (Wildman–Crippen LogP) is 3.52. The van der Waals surface area contributed by atoms with Gasteiger partial charge in [0.1, 0.15) is 23.4 Å². The maximum atomic E-state index is 13.3. The summed E-state index contributed by atoms with van der Waals surface area (Å²) in [5.74, 6) is 0.428. The average Bonchev–Trinajstić information content (AvgIpc) is 3.02. The summed E-state index contributed by atoms with van der Waals surface area (Å²) in [6, 6.07) is 15.1. The zero-order chi connectivity index (χ0) is 17.2. The molecular formula is C17H16N2O4S. The Morgan fingerprint density at radius 2 is 1.67 bits per heavy atom. The Labute approximate surface area is 140 Å². The van der Waals surface area contributed by atoms with Gasteiger partial charge in [0.05, 0.1) is 17.7 Å². The van der Waals surface area contributed by atoms with Gasteiger partial charge in [-0.3, -0.25) is 0 Å². The Hall–Kier alpha value is -2.80. The highest BCUT2D eigenvalue weighted by Crippen LogP contribution is 2.39. The lowest BCUT2D eigenvalue weighted by atomic mass is 10.2. The molecule has 3 rings (SSSR count). The number of rotatable bonds is 5. The van der Waals surface area contributed by atoms with Gasteiger partial charge < -0.3 is 9.26 Å². The second-order valence-corrected chi connectivity index (χ2v) is 6.83. The van der Waals surface area contributed by atoms with Crippen LogP contribution in [0.5, 0.6) is 5.75 Å². The number of methoxy groups -OCH3 is 1. The highest BCUT2D eigenvalue weighted by atomic mass is 32.2. The molecule has 0 amide bonds. The molecule has 124 valence electrons. The Bertz CT molecular complexity index is 936. The molecule has 0 radical (unpaired) electrons. The van der Waals surface area contributed by atoms with Gasteiger partial charge in [-0.2, -0.15) is 0 Å². The number of aryl methyl sites for hydroxylation is 1. The van der Waals surface area contributed by atoms with E-state index in [2.05, 4.69) is 5.16 Å². The fourth-order valence-corrected chi connectivity index (χ4v) is 3.92. The first-order valence-electron chi connectivity index (χ1n) is 7.20. The van der Waals surface area contributed by atoms with E-state index in [-0.39, 0.29) is 4.90 Å². The quantitative estimate of drug-likeness (QED) is 0.708. The highest BCUT2D eigenvalue weighted by molar-refractivity contribution is 7.93. The fourth-order valence-electron chi connectivity index (χ4n) is 2.37. The minimum Gasteiger partial charge on any atom is -0.495 e. The van der Waals surface area contributed by atoms with Gasteiger partial charge >= 0.3 is 0 Å². The van der Waals surface area contributed by atoms with Crippen LogP contribution in [0.25, 0.3) is 0 Å². The van der Waals surface area contributed by atoms with E-state index >= 15 is 0 Å². The van der Waals surface area contributed by atoms with E-state index in [9.17, 15) is 8.42 Å². The predicted molar refractivity (Wildman–Crippen MR) is 90.0 cm³/mol. The molecule has 0 fully saturated rings. The molecule has 2 aromatic carbocycles. The van der Waals surface area contributed by atoms with Crippen molar-refractivity contribution >= 4 is 21.4 Å². The molecule has 0 atom stereocenters. The van der Waals surface area contributed by atoms with Crippen molar-refractivity contribution in [3.63, 3.8) is 0 Å². The summed E-state index contributed by atoms with van der Waals surface area (Å²) in [5.41, 5.74) is 1.18. The van der Waals surface area contributed by atoms with Crippen LogP contribution in [0.2, 0.25) is 0 Å². The molecule has 1 heterocycles. The third-order valence-corrected chi connectivity index (χ3v) is 5.27. The molecule has 0 N–H and O–H groups in total. The molecule has 0 saturated carbocycles. The fraction of sp³-hybridized carbons (Fsp3) is 0.118. The number of ether oxygens (including phenoxy) is 1. The molecular weight excluding hydrogens is 328 g/mol. The summed E-state index contributed by atoms with van der Waals surface area (Å²) < 4.78 is 38.0. The highest BCUT2D eigenvalue weighted by Gasteiger charge is 2.31. The first kappa shape index (κ1) is 16.1. The van der Waals surface area contributed by atoms with E-state index in [1.54, 1.807) is 61.5 Å². The van der Waals surface area contributed by atoms with Crippen LogP contribution >= 0.6 is 0 Å². The van der Waals surface area contributed by atoms with Crippen LogP contribution < -0.4 is 9.04 Å². The van der Waals surface area contributed by atoms with E-state index in [4.69, 9.17) is 9.26 Å². The summed E-state index contributed by atoms with van der Waals surface area (Å²) in [6.07, 6.45) is 1.31. The topological polar surface area (TPSA) is 72.6 Å². The number of hydrogen-bond acceptors (Lipinski definition) is 5. The molecule has 6 nitrogen and oxygen atoms in total. The number of sulfonamides is 1. The molecule has 0 aliphatic heterocycles. The molecule has 3 aromatic rings. The molecule has 0 aliphatic rings. The third kappa shape index (κ3) is 2.74. The number of aromatic nitrogens is 1. The van der Waals surface area contributed by atoms with Gasteiger partial charge in [0, 0.05) is 0 Å². The zero-order valence-corrected chi connectivity index (χ0v) is 14.0. The number of nitrogens with zero attached hydrogens (tertiary/aromatic N) is 2. The Morgan fingerprint density at radius 3 is 2.29 bits per heavy atom. The second kappa shape index (κ2) is 6.37. The molecule has 0 unspecified atom stereocenters. The van der Waals surface area contributed by atoms with Crippen LogP contribution in [0.3, 0.4) is 0 Å². The lowest BCUT2D eigenvalue weighted by molar-refractivity contribution is 0.414. The van der Waals surface area contributed by atoms with Crippen LogP contribution in [0, 0.1) is 6.92 Å². The Balaban J connectivity index is 2.26. The lowest BCUT2D eigenvalue weighted by Crippen LogP contribution is -2.27. The van der Waals surface area contributed by atoms with Crippen molar-refractivity contribution < 1.29 is 17.7 Å². The van der Waals surface area contributed by atoms with Crippen molar-refractivity contribution in [3.8, 4) is 5.75 Å². The van der Waals surface area contributed by atoms with E-state index in [1.165, 1.54) is 17.7 Å². The summed E-state index contributed by atoms with van der Waals surface area (Å²) >= 11 is 0. The Kier molecular flexibility index (Phi) is 4.26. The molecule has 24 heavy (non-hydrogen) atoms. The first-order chi connectivity index (χ1) is 11.6. The lowest BCUT2D eigenvalue weighted by Gasteiger charge is -2.24. The molecule has 0 spiro atoms. The molecule has 0 aliphatic carbocycles. The van der Waals surface area contributed by atoms with Crippen molar-refractivity contribution in [3.05, 3.63) is 66.6 Å². The third-order valence-electron chi connectivity index (χ3n) is 3.53. The molecule has 1 aromatic heterocycles. The van der Waals surface area contributed by atoms with Crippen LogP contribution in [-0.2, 0) is 10.0 Å². The minimum absolute atomic E-state index is 0.163. The monoisotopic (exact) mass is 344 g/mol. The van der Waals surface area contributed by atoms with Crippen LogP contribution in [0.4, 0.5) is 11.4 Å². The standard InChI is InChI=1S/C17H16N2O4S/c1-13-16(12-23-18-13)19(15-10-6-7-11-17(15)22-2)24(20,21)14-8-4-3-5-9-14/h3-12H,1-2H3. The summed E-state index contributed by atoms with van der Waals surface area (Å²) in [5, 5.41) is 3.80. The minimum atomic E-state index is -3.88. The van der Waals surface area contributed by atoms with Crippen molar-refractivity contribution in [1.29, 1.82) is 0 Å². The SMILES string of the molecule is COc1ccccc1N(c1conc1C)S(=O)(=O)c1ccccc1. The van der Waals surface area contributed by atoms with Crippen LogP contribution in [0.15, 0.2) is 70.3 Å². The molecule has 0 saturated heterocycles. The largest absolute Gasteiger partial charge is 0.495 e. The van der Waals surface area contributed by atoms with Gasteiger partial charge in [-0.1, -0.05) is 35.5 Å². The number of anilines is 2. The van der Waals surface area contributed by atoms with Gasteiger partial charge in [-0.25, -0.2) is 12.7 Å². The summed E-state index contributed by atoms with van der Waals surface area (Å²) in [4.78, 5) is 0.163.